The van der Waals surface area contributed by atoms with Crippen LogP contribution in [0.4, 0.5) is 0 Å². The van der Waals surface area contributed by atoms with E-state index in [9.17, 15) is 0 Å². The number of rotatable bonds is 1. The first-order valence-electron chi connectivity index (χ1n) is 3.45. The lowest BCUT2D eigenvalue weighted by Gasteiger charge is -2.14. The molecule has 0 aliphatic carbocycles. The Bertz CT molecular complexity index is 279. The van der Waals surface area contributed by atoms with E-state index in [1.807, 2.05) is 16.9 Å². The molecule has 4 heteroatoms. The standard InChI is InChI=1S/C8H6N2S2/c1-2-10-8(12-4-1)7-6-11-5-3-9-7/h1-5,8H. The van der Waals surface area contributed by atoms with Crippen LogP contribution in [0.3, 0.4) is 0 Å². The zero-order chi connectivity index (χ0) is 8.23. The van der Waals surface area contributed by atoms with Crippen molar-refractivity contribution in [2.45, 2.75) is 5.37 Å². The lowest BCUT2D eigenvalue weighted by molar-refractivity contribution is 1.22. The van der Waals surface area contributed by atoms with Gasteiger partial charge in [-0.3, -0.25) is 9.98 Å². The third-order valence-corrected chi connectivity index (χ3v) is 2.84. The summed E-state index contributed by atoms with van der Waals surface area (Å²) in [6.07, 6.45) is 5.51. The maximum Gasteiger partial charge on any atom is 0.139 e. The molecular formula is C8H6N2S2. The molecule has 0 fully saturated rings. The molecule has 0 aromatic heterocycles. The second kappa shape index (κ2) is 3.96. The van der Waals surface area contributed by atoms with Gasteiger partial charge in [-0.2, -0.15) is 0 Å². The van der Waals surface area contributed by atoms with Gasteiger partial charge >= 0.3 is 0 Å². The van der Waals surface area contributed by atoms with E-state index in [0.717, 1.165) is 5.71 Å². The number of nitrogens with zero attached hydrogens (tertiary/aromatic N) is 2. The second-order valence-electron chi connectivity index (χ2n) is 2.13. The van der Waals surface area contributed by atoms with Crippen LogP contribution in [-0.2, 0) is 0 Å². The Morgan fingerprint density at radius 1 is 1.42 bits per heavy atom. The molecule has 2 radical (unpaired) electrons. The van der Waals surface area contributed by atoms with E-state index in [4.69, 9.17) is 0 Å². The van der Waals surface area contributed by atoms with Crippen LogP contribution in [0, 0.1) is 5.75 Å². The molecule has 12 heavy (non-hydrogen) atoms. The van der Waals surface area contributed by atoms with Crippen molar-refractivity contribution < 1.29 is 0 Å². The molecule has 60 valence electrons. The van der Waals surface area contributed by atoms with Gasteiger partial charge in [0.2, 0.25) is 0 Å². The summed E-state index contributed by atoms with van der Waals surface area (Å²) in [6, 6.07) is 0. The molecule has 2 aliphatic rings. The summed E-state index contributed by atoms with van der Waals surface area (Å²) >= 11 is 3.17. The van der Waals surface area contributed by atoms with Crippen LogP contribution in [0.5, 0.6) is 0 Å². The van der Waals surface area contributed by atoms with Gasteiger partial charge in [0, 0.05) is 12.4 Å². The van der Waals surface area contributed by atoms with Crippen molar-refractivity contribution in [2.75, 3.05) is 0 Å². The third-order valence-electron chi connectivity index (χ3n) is 1.33. The Morgan fingerprint density at radius 3 is 3.08 bits per heavy atom. The molecule has 0 saturated heterocycles. The van der Waals surface area contributed by atoms with Crippen LogP contribution in [-0.4, -0.2) is 17.3 Å². The normalized spacial score (nSPS) is 27.3. The molecule has 2 heterocycles. The van der Waals surface area contributed by atoms with E-state index in [1.165, 1.54) is 11.8 Å². The van der Waals surface area contributed by atoms with Crippen LogP contribution in [0.15, 0.2) is 33.1 Å². The average molecular weight is 194 g/mol. The van der Waals surface area contributed by atoms with Gasteiger partial charge in [-0.25, -0.2) is 0 Å². The fourth-order valence-electron chi connectivity index (χ4n) is 0.829. The van der Waals surface area contributed by atoms with Crippen LogP contribution in [0.2, 0.25) is 0 Å². The third kappa shape index (κ3) is 1.81. The van der Waals surface area contributed by atoms with E-state index in [-0.39, 0.29) is 5.37 Å². The minimum absolute atomic E-state index is 0.104. The summed E-state index contributed by atoms with van der Waals surface area (Å²) in [6.45, 7) is 0. The number of hydrogen-bond donors (Lipinski definition) is 0. The van der Waals surface area contributed by atoms with Crippen molar-refractivity contribution in [3.63, 3.8) is 0 Å². The Labute approximate surface area is 79.9 Å². The first-order valence-corrected chi connectivity index (χ1v) is 5.27. The summed E-state index contributed by atoms with van der Waals surface area (Å²) in [5.74, 6) is 3.10. The number of allylic oxidation sites excluding steroid dienone is 1. The highest BCUT2D eigenvalue weighted by molar-refractivity contribution is 8.06. The van der Waals surface area contributed by atoms with Crippen molar-refractivity contribution in [1.82, 2.24) is 0 Å². The van der Waals surface area contributed by atoms with Crippen molar-refractivity contribution in [1.29, 1.82) is 0 Å². The molecule has 0 N–H and O–H groups in total. The molecule has 0 bridgehead atoms. The Kier molecular flexibility index (Phi) is 2.68. The smallest absolute Gasteiger partial charge is 0.139 e. The second-order valence-corrected chi connectivity index (χ2v) is 3.84. The average Bonchev–Trinajstić information content (AvgIpc) is 2.21. The summed E-state index contributed by atoms with van der Waals surface area (Å²) in [7, 11) is 0. The highest BCUT2D eigenvalue weighted by Gasteiger charge is 2.16. The molecule has 2 aliphatic heterocycles. The van der Waals surface area contributed by atoms with E-state index < -0.39 is 0 Å². The summed E-state index contributed by atoms with van der Waals surface area (Å²) in [5.41, 5.74) is 0.910. The van der Waals surface area contributed by atoms with Gasteiger partial charge < -0.3 is 0 Å². The van der Waals surface area contributed by atoms with Gasteiger partial charge in [0.1, 0.15) is 11.1 Å². The molecule has 0 spiro atoms. The van der Waals surface area contributed by atoms with E-state index >= 15 is 0 Å². The van der Waals surface area contributed by atoms with Crippen molar-refractivity contribution in [3.05, 3.63) is 28.8 Å². The van der Waals surface area contributed by atoms with Gasteiger partial charge in [-0.1, -0.05) is 0 Å². The fraction of sp³-hybridized carbons (Fsp3) is 0.125. The zero-order valence-electron chi connectivity index (χ0n) is 6.18. The predicted molar refractivity (Wildman–Crippen MR) is 56.4 cm³/mol. The van der Waals surface area contributed by atoms with E-state index in [2.05, 4.69) is 15.7 Å². The van der Waals surface area contributed by atoms with Gasteiger partial charge in [0.05, 0.1) is 5.71 Å². The van der Waals surface area contributed by atoms with E-state index in [1.54, 1.807) is 24.2 Å². The van der Waals surface area contributed by atoms with Crippen molar-refractivity contribution >= 4 is 35.5 Å². The monoisotopic (exact) mass is 194 g/mol. The predicted octanol–water partition coefficient (Wildman–Crippen LogP) is 2.34. The van der Waals surface area contributed by atoms with Crippen molar-refractivity contribution in [3.8, 4) is 0 Å². The maximum absolute atomic E-state index is 4.26. The number of hydrogen-bond acceptors (Lipinski definition) is 4. The van der Waals surface area contributed by atoms with Gasteiger partial charge in [0.25, 0.3) is 0 Å². The zero-order valence-corrected chi connectivity index (χ0v) is 7.81. The van der Waals surface area contributed by atoms with Gasteiger partial charge in [-0.05, 0) is 16.9 Å². The van der Waals surface area contributed by atoms with Crippen LogP contribution in [0.1, 0.15) is 0 Å². The van der Waals surface area contributed by atoms with Crippen molar-refractivity contribution in [2.24, 2.45) is 9.98 Å². The topological polar surface area (TPSA) is 24.7 Å². The Balaban J connectivity index is 2.09. The molecule has 2 nitrogen and oxygen atoms in total. The Morgan fingerprint density at radius 2 is 2.42 bits per heavy atom. The number of aliphatic imine (C=N–C) groups is 2. The molecule has 0 aromatic carbocycles. The minimum atomic E-state index is 0.104. The van der Waals surface area contributed by atoms with E-state index in [0.29, 0.717) is 0 Å². The van der Waals surface area contributed by atoms with Gasteiger partial charge in [-0.15, -0.1) is 23.5 Å². The summed E-state index contributed by atoms with van der Waals surface area (Å²) < 4.78 is 0. The fourth-order valence-corrected chi connectivity index (χ4v) is 2.08. The summed E-state index contributed by atoms with van der Waals surface area (Å²) in [5, 5.41) is 4.02. The molecule has 0 aromatic rings. The molecule has 1 atom stereocenters. The molecule has 0 saturated carbocycles. The molecule has 2 rings (SSSR count). The first-order chi connectivity index (χ1) is 5.97. The highest BCUT2D eigenvalue weighted by Crippen LogP contribution is 2.25. The van der Waals surface area contributed by atoms with Crippen LogP contribution in [0.25, 0.3) is 0 Å². The lowest BCUT2D eigenvalue weighted by Crippen LogP contribution is -2.15. The lowest BCUT2D eigenvalue weighted by atomic mass is 10.4. The SMILES string of the molecule is [C]1SC=CN=C1C1N=CC=CS1. The molecular weight excluding hydrogens is 188 g/mol. The number of thioether (sulfide) groups is 2. The summed E-state index contributed by atoms with van der Waals surface area (Å²) in [4.78, 5) is 8.45. The Hall–Kier alpha value is -0.480. The maximum atomic E-state index is 4.26. The highest BCUT2D eigenvalue weighted by atomic mass is 32.2. The van der Waals surface area contributed by atoms with Gasteiger partial charge in [0.15, 0.2) is 0 Å². The van der Waals surface area contributed by atoms with Crippen LogP contribution < -0.4 is 0 Å². The first kappa shape index (κ1) is 8.13. The molecule has 1 unspecified atom stereocenters. The minimum Gasteiger partial charge on any atom is -0.272 e. The van der Waals surface area contributed by atoms with Crippen LogP contribution >= 0.6 is 23.5 Å². The molecule has 0 amide bonds. The quantitative estimate of drug-likeness (QED) is 0.640. The largest absolute Gasteiger partial charge is 0.272 e.